The molecular weight excluding hydrogens is 430 g/mol. The molecule has 176 valence electrons. The quantitative estimate of drug-likeness (QED) is 0.318. The van der Waals surface area contributed by atoms with E-state index in [1.54, 1.807) is 0 Å². The lowest BCUT2D eigenvalue weighted by Crippen LogP contribution is -2.30. The Balaban J connectivity index is 1.44. The molecule has 0 bridgehead atoms. The van der Waals surface area contributed by atoms with E-state index < -0.39 is 0 Å². The van der Waals surface area contributed by atoms with Crippen molar-refractivity contribution in [1.82, 2.24) is 18.8 Å². The minimum Gasteiger partial charge on any atom is -0.379 e. The van der Waals surface area contributed by atoms with Crippen molar-refractivity contribution in [2.24, 2.45) is 0 Å². The monoisotopic (exact) mass is 465 g/mol. The summed E-state index contributed by atoms with van der Waals surface area (Å²) < 4.78 is 10.3. The number of rotatable bonds is 8. The van der Waals surface area contributed by atoms with Crippen LogP contribution in [0.1, 0.15) is 57.9 Å². The van der Waals surface area contributed by atoms with Crippen molar-refractivity contribution >= 4 is 28.9 Å². The fourth-order valence-electron chi connectivity index (χ4n) is 4.84. The number of morpholine rings is 1. The van der Waals surface area contributed by atoms with Crippen molar-refractivity contribution in [2.75, 3.05) is 38.2 Å². The summed E-state index contributed by atoms with van der Waals surface area (Å²) in [6.07, 6.45) is 13.1. The normalized spacial score (nSPS) is 18.1. The number of hydrogen-bond acceptors (Lipinski definition) is 6. The molecule has 33 heavy (non-hydrogen) atoms. The second-order valence-corrected chi connectivity index (χ2v) is 10.3. The van der Waals surface area contributed by atoms with Gasteiger partial charge in [-0.15, -0.1) is 0 Å². The molecule has 7 heteroatoms. The molecule has 3 heterocycles. The van der Waals surface area contributed by atoms with Crippen molar-refractivity contribution in [3.63, 3.8) is 0 Å². The molecule has 0 spiro atoms. The minimum atomic E-state index is 0.532. The predicted molar refractivity (Wildman–Crippen MR) is 137 cm³/mol. The maximum atomic E-state index is 5.47. The highest BCUT2D eigenvalue weighted by Gasteiger charge is 2.21. The highest BCUT2D eigenvalue weighted by atomic mass is 32.2. The molecule has 2 aliphatic rings. The van der Waals surface area contributed by atoms with E-state index in [9.17, 15) is 0 Å². The minimum absolute atomic E-state index is 0.532. The summed E-state index contributed by atoms with van der Waals surface area (Å²) in [5, 5.41) is 4.56. The Morgan fingerprint density at radius 3 is 2.64 bits per heavy atom. The first-order valence-electron chi connectivity index (χ1n) is 12.5. The van der Waals surface area contributed by atoms with Gasteiger partial charge >= 0.3 is 0 Å². The molecule has 2 fully saturated rings. The fraction of sp³-hybridized carbons (Fsp3) is 0.538. The van der Waals surface area contributed by atoms with Crippen molar-refractivity contribution in [2.45, 2.75) is 62.8 Å². The summed E-state index contributed by atoms with van der Waals surface area (Å²) in [7, 11) is 0. The third-order valence-corrected chi connectivity index (χ3v) is 7.83. The van der Waals surface area contributed by atoms with Gasteiger partial charge in [-0.1, -0.05) is 44.7 Å². The van der Waals surface area contributed by atoms with Gasteiger partial charge in [0.05, 0.1) is 13.2 Å². The van der Waals surface area contributed by atoms with Crippen LogP contribution in [0.5, 0.6) is 0 Å². The summed E-state index contributed by atoms with van der Waals surface area (Å²) in [5.74, 6) is 0.745. The lowest BCUT2D eigenvalue weighted by molar-refractivity contribution is 0.0773. The van der Waals surface area contributed by atoms with Gasteiger partial charge in [0.15, 0.2) is 0 Å². The summed E-state index contributed by atoms with van der Waals surface area (Å²) in [6, 6.07) is 9.50. The van der Waals surface area contributed by atoms with Gasteiger partial charge in [0, 0.05) is 53.9 Å². The third-order valence-electron chi connectivity index (χ3n) is 6.72. The molecule has 0 unspecified atom stereocenters. The van der Waals surface area contributed by atoms with E-state index in [0.717, 1.165) is 62.7 Å². The molecule has 0 atom stereocenters. The van der Waals surface area contributed by atoms with Crippen LogP contribution in [-0.4, -0.2) is 51.7 Å². The first-order chi connectivity index (χ1) is 16.3. The van der Waals surface area contributed by atoms with E-state index in [-0.39, 0.29) is 0 Å². The van der Waals surface area contributed by atoms with Crippen LogP contribution < -0.4 is 5.32 Å². The first kappa shape index (κ1) is 22.7. The van der Waals surface area contributed by atoms with Crippen molar-refractivity contribution in [1.29, 1.82) is 0 Å². The van der Waals surface area contributed by atoms with E-state index in [2.05, 4.69) is 56.6 Å². The van der Waals surface area contributed by atoms with Crippen LogP contribution in [0.2, 0.25) is 0 Å². The molecule has 0 amide bonds. The van der Waals surface area contributed by atoms with Crippen molar-refractivity contribution in [3.8, 4) is 11.1 Å². The Morgan fingerprint density at radius 1 is 1.09 bits per heavy atom. The van der Waals surface area contributed by atoms with Crippen molar-refractivity contribution < 1.29 is 4.74 Å². The molecule has 1 aliphatic carbocycles. The Labute approximate surface area is 201 Å². The molecule has 1 aliphatic heterocycles. The van der Waals surface area contributed by atoms with Gasteiger partial charge in [-0.2, -0.15) is 4.98 Å². The number of aromatic nitrogens is 3. The zero-order chi connectivity index (χ0) is 22.5. The standard InChI is InChI=1S/C26H35N5OS/c1-2-3-13-27-26-28-18-23-24(19-31(25(23)29-26)21-7-5-4-6-8-21)20-9-11-22(12-10-20)33-30-14-16-32-17-15-30/h9-12,18-19,21H,2-8,13-17H2,1H3,(H,27,28,29). The van der Waals surface area contributed by atoms with Crippen LogP contribution in [0.25, 0.3) is 22.2 Å². The number of fused-ring (bicyclic) bond motifs is 1. The van der Waals surface area contributed by atoms with Gasteiger partial charge in [0.2, 0.25) is 5.95 Å². The maximum absolute atomic E-state index is 5.47. The average molecular weight is 466 g/mol. The molecule has 5 rings (SSSR count). The summed E-state index contributed by atoms with van der Waals surface area (Å²) >= 11 is 1.83. The van der Waals surface area contributed by atoms with Crippen LogP contribution >= 0.6 is 11.9 Å². The van der Waals surface area contributed by atoms with Crippen LogP contribution in [0.4, 0.5) is 5.95 Å². The zero-order valence-corrected chi connectivity index (χ0v) is 20.4. The van der Waals surface area contributed by atoms with Gasteiger partial charge in [-0.3, -0.25) is 0 Å². The molecule has 0 radical (unpaired) electrons. The van der Waals surface area contributed by atoms with Crippen LogP contribution in [0.15, 0.2) is 41.6 Å². The Hall–Kier alpha value is -2.09. The summed E-state index contributed by atoms with van der Waals surface area (Å²) in [6.45, 7) is 6.72. The van der Waals surface area contributed by atoms with Gasteiger partial charge in [0.25, 0.3) is 0 Å². The van der Waals surface area contributed by atoms with E-state index in [4.69, 9.17) is 9.72 Å². The molecule has 1 aromatic carbocycles. The second-order valence-electron chi connectivity index (χ2n) is 9.11. The number of nitrogens with zero attached hydrogens (tertiary/aromatic N) is 4. The van der Waals surface area contributed by atoms with E-state index >= 15 is 0 Å². The molecule has 1 N–H and O–H groups in total. The number of benzene rings is 1. The molecule has 1 saturated heterocycles. The zero-order valence-electron chi connectivity index (χ0n) is 19.6. The fourth-order valence-corrected chi connectivity index (χ4v) is 5.73. The molecule has 3 aromatic rings. The molecule has 1 saturated carbocycles. The van der Waals surface area contributed by atoms with Gasteiger partial charge < -0.3 is 14.6 Å². The number of nitrogens with one attached hydrogen (secondary N) is 1. The maximum Gasteiger partial charge on any atom is 0.224 e. The average Bonchev–Trinajstić information content (AvgIpc) is 3.25. The number of ether oxygens (including phenoxy) is 1. The predicted octanol–water partition coefficient (Wildman–Crippen LogP) is 6.15. The Bertz CT molecular complexity index is 1040. The SMILES string of the molecule is CCCCNc1ncc2c(-c3ccc(SN4CCOCC4)cc3)cn(C3CCCCC3)c2n1. The highest BCUT2D eigenvalue weighted by molar-refractivity contribution is 7.97. The van der Waals surface area contributed by atoms with E-state index in [1.165, 1.54) is 48.1 Å². The number of hydrogen-bond donors (Lipinski definition) is 1. The van der Waals surface area contributed by atoms with Gasteiger partial charge in [-0.05, 0) is 48.9 Å². The first-order valence-corrected chi connectivity index (χ1v) is 13.3. The van der Waals surface area contributed by atoms with Gasteiger partial charge in [0.1, 0.15) is 5.65 Å². The topological polar surface area (TPSA) is 55.2 Å². The second kappa shape index (κ2) is 10.9. The van der Waals surface area contributed by atoms with Crippen LogP contribution in [0, 0.1) is 0 Å². The molecular formula is C26H35N5OS. The number of unbranched alkanes of at least 4 members (excludes halogenated alkanes) is 1. The Kier molecular flexibility index (Phi) is 7.49. The Morgan fingerprint density at radius 2 is 1.88 bits per heavy atom. The smallest absolute Gasteiger partial charge is 0.224 e. The van der Waals surface area contributed by atoms with Crippen molar-refractivity contribution in [3.05, 3.63) is 36.7 Å². The summed E-state index contributed by atoms with van der Waals surface area (Å²) in [5.41, 5.74) is 3.53. The summed E-state index contributed by atoms with van der Waals surface area (Å²) in [4.78, 5) is 10.9. The van der Waals surface area contributed by atoms with Gasteiger partial charge in [-0.25, -0.2) is 9.29 Å². The van der Waals surface area contributed by atoms with Crippen LogP contribution in [-0.2, 0) is 4.74 Å². The highest BCUT2D eigenvalue weighted by Crippen LogP contribution is 2.37. The molecule has 2 aromatic heterocycles. The largest absolute Gasteiger partial charge is 0.379 e. The van der Waals surface area contributed by atoms with E-state index in [1.807, 2.05) is 18.1 Å². The lowest BCUT2D eigenvalue weighted by atomic mass is 9.95. The molecule has 6 nitrogen and oxygen atoms in total. The lowest BCUT2D eigenvalue weighted by Gasteiger charge is -2.25. The van der Waals surface area contributed by atoms with E-state index in [0.29, 0.717) is 6.04 Å². The third kappa shape index (κ3) is 5.36. The number of anilines is 1. The van der Waals surface area contributed by atoms with Crippen LogP contribution in [0.3, 0.4) is 0 Å².